The van der Waals surface area contributed by atoms with Crippen LogP contribution in [0.15, 0.2) is 0 Å². The van der Waals surface area contributed by atoms with E-state index in [1.54, 1.807) is 0 Å². The van der Waals surface area contributed by atoms with Crippen LogP contribution in [0.25, 0.3) is 0 Å². The van der Waals surface area contributed by atoms with Crippen molar-refractivity contribution in [1.82, 2.24) is 5.32 Å². The van der Waals surface area contributed by atoms with E-state index in [0.29, 0.717) is 0 Å². The lowest BCUT2D eigenvalue weighted by Gasteiger charge is -2.43. The third kappa shape index (κ3) is 2.36. The Kier molecular flexibility index (Phi) is 3.36. The van der Waals surface area contributed by atoms with Crippen molar-refractivity contribution >= 4 is 0 Å². The van der Waals surface area contributed by atoms with Crippen molar-refractivity contribution in [3.8, 4) is 0 Å². The molecule has 0 aliphatic heterocycles. The minimum absolute atomic E-state index is 0.264. The molecule has 2 rings (SSSR count). The minimum Gasteiger partial charge on any atom is -0.329 e. The van der Waals surface area contributed by atoms with Crippen molar-refractivity contribution in [2.75, 3.05) is 13.1 Å². The number of rotatable bonds is 4. The molecule has 3 N–H and O–H groups in total. The molecule has 0 aromatic heterocycles. The van der Waals surface area contributed by atoms with Crippen LogP contribution in [0.1, 0.15) is 46.0 Å². The fourth-order valence-corrected chi connectivity index (χ4v) is 3.07. The fraction of sp³-hybridized carbons (Fsp3) is 1.00. The second kappa shape index (κ2) is 4.42. The number of hydrogen-bond donors (Lipinski definition) is 2. The molecule has 0 radical (unpaired) electrons. The molecular formula is C13H26N2. The molecule has 88 valence electrons. The smallest absolute Gasteiger partial charge is 0.0329 e. The lowest BCUT2D eigenvalue weighted by atomic mass is 9.73. The first-order valence-corrected chi connectivity index (χ1v) is 6.63. The fourth-order valence-electron chi connectivity index (χ4n) is 3.07. The van der Waals surface area contributed by atoms with Crippen LogP contribution in [0.5, 0.6) is 0 Å². The van der Waals surface area contributed by atoms with Gasteiger partial charge in [-0.05, 0) is 43.6 Å². The quantitative estimate of drug-likeness (QED) is 0.746. The average Bonchev–Trinajstić information content (AvgIpc) is 2.94. The van der Waals surface area contributed by atoms with Gasteiger partial charge in [-0.1, -0.05) is 26.7 Å². The SMILES string of the molecule is CC1CC1CNC1(CN)CCCCC1C. The maximum atomic E-state index is 6.01. The van der Waals surface area contributed by atoms with Crippen LogP contribution in [-0.2, 0) is 0 Å². The van der Waals surface area contributed by atoms with Crippen LogP contribution in [0, 0.1) is 17.8 Å². The Hall–Kier alpha value is -0.0800. The Morgan fingerprint density at radius 3 is 2.60 bits per heavy atom. The van der Waals surface area contributed by atoms with Gasteiger partial charge in [0.15, 0.2) is 0 Å². The molecule has 2 fully saturated rings. The molecule has 2 nitrogen and oxygen atoms in total. The van der Waals surface area contributed by atoms with Crippen molar-refractivity contribution < 1.29 is 0 Å². The molecule has 0 aromatic carbocycles. The predicted octanol–water partition coefficient (Wildman–Crippen LogP) is 2.14. The van der Waals surface area contributed by atoms with E-state index in [1.807, 2.05) is 0 Å². The largest absolute Gasteiger partial charge is 0.329 e. The van der Waals surface area contributed by atoms with Gasteiger partial charge in [0.1, 0.15) is 0 Å². The van der Waals surface area contributed by atoms with Crippen LogP contribution in [0.3, 0.4) is 0 Å². The normalized spacial score (nSPS) is 45.4. The highest BCUT2D eigenvalue weighted by molar-refractivity contribution is 4.98. The Morgan fingerprint density at radius 2 is 2.07 bits per heavy atom. The van der Waals surface area contributed by atoms with Crippen LogP contribution in [0.2, 0.25) is 0 Å². The van der Waals surface area contributed by atoms with Gasteiger partial charge >= 0.3 is 0 Å². The molecule has 0 spiro atoms. The van der Waals surface area contributed by atoms with Crippen LogP contribution in [-0.4, -0.2) is 18.6 Å². The molecule has 0 amide bonds. The number of nitrogens with one attached hydrogen (secondary N) is 1. The van der Waals surface area contributed by atoms with Crippen molar-refractivity contribution in [1.29, 1.82) is 0 Å². The summed E-state index contributed by atoms with van der Waals surface area (Å²) in [6.07, 6.45) is 6.80. The van der Waals surface area contributed by atoms with Crippen LogP contribution >= 0.6 is 0 Å². The summed E-state index contributed by atoms with van der Waals surface area (Å²) in [5.74, 6) is 2.64. The molecule has 2 aliphatic carbocycles. The first-order valence-electron chi connectivity index (χ1n) is 6.63. The zero-order chi connectivity index (χ0) is 10.9. The third-order valence-corrected chi connectivity index (χ3v) is 4.81. The second-order valence-corrected chi connectivity index (χ2v) is 5.86. The van der Waals surface area contributed by atoms with E-state index in [1.165, 1.54) is 38.6 Å². The van der Waals surface area contributed by atoms with Crippen LogP contribution in [0.4, 0.5) is 0 Å². The highest BCUT2D eigenvalue weighted by Gasteiger charge is 2.39. The summed E-state index contributed by atoms with van der Waals surface area (Å²) >= 11 is 0. The standard InChI is InChI=1S/C13H26N2/c1-10-7-12(10)8-15-13(9-14)6-4-3-5-11(13)2/h10-12,15H,3-9,14H2,1-2H3. The van der Waals surface area contributed by atoms with Gasteiger partial charge in [-0.15, -0.1) is 0 Å². The first-order chi connectivity index (χ1) is 7.18. The summed E-state index contributed by atoms with van der Waals surface area (Å²) in [4.78, 5) is 0. The van der Waals surface area contributed by atoms with Gasteiger partial charge in [-0.2, -0.15) is 0 Å². The molecule has 4 unspecified atom stereocenters. The monoisotopic (exact) mass is 210 g/mol. The molecule has 2 aliphatic rings. The topological polar surface area (TPSA) is 38.0 Å². The molecule has 0 aromatic rings. The van der Waals surface area contributed by atoms with Gasteiger partial charge in [0.25, 0.3) is 0 Å². The summed E-state index contributed by atoms with van der Waals surface area (Å²) in [5.41, 5.74) is 6.27. The summed E-state index contributed by atoms with van der Waals surface area (Å²) in [5, 5.41) is 3.80. The maximum Gasteiger partial charge on any atom is 0.0329 e. The van der Waals surface area contributed by atoms with Crippen molar-refractivity contribution in [2.45, 2.75) is 51.5 Å². The van der Waals surface area contributed by atoms with Crippen molar-refractivity contribution in [3.05, 3.63) is 0 Å². The maximum absolute atomic E-state index is 6.01. The highest BCUT2D eigenvalue weighted by Crippen LogP contribution is 2.39. The van der Waals surface area contributed by atoms with E-state index >= 15 is 0 Å². The molecule has 0 saturated heterocycles. The zero-order valence-corrected chi connectivity index (χ0v) is 10.3. The molecule has 4 atom stereocenters. The Morgan fingerprint density at radius 1 is 1.33 bits per heavy atom. The predicted molar refractivity (Wildman–Crippen MR) is 64.7 cm³/mol. The molecule has 2 heteroatoms. The van der Waals surface area contributed by atoms with Gasteiger partial charge < -0.3 is 11.1 Å². The highest BCUT2D eigenvalue weighted by atomic mass is 15.0. The molecule has 15 heavy (non-hydrogen) atoms. The van der Waals surface area contributed by atoms with E-state index in [-0.39, 0.29) is 5.54 Å². The van der Waals surface area contributed by atoms with Crippen LogP contribution < -0.4 is 11.1 Å². The van der Waals surface area contributed by atoms with Gasteiger partial charge in [0.05, 0.1) is 0 Å². The first kappa shape index (κ1) is 11.4. The molecule has 0 heterocycles. The van der Waals surface area contributed by atoms with E-state index in [9.17, 15) is 0 Å². The molecular weight excluding hydrogens is 184 g/mol. The summed E-state index contributed by atoms with van der Waals surface area (Å²) < 4.78 is 0. The Bertz CT molecular complexity index is 217. The lowest BCUT2D eigenvalue weighted by Crippen LogP contribution is -2.57. The van der Waals surface area contributed by atoms with Gasteiger partial charge in [-0.3, -0.25) is 0 Å². The van der Waals surface area contributed by atoms with E-state index < -0.39 is 0 Å². The van der Waals surface area contributed by atoms with E-state index in [4.69, 9.17) is 5.73 Å². The minimum atomic E-state index is 0.264. The Labute approximate surface area is 94.0 Å². The Balaban J connectivity index is 1.88. The third-order valence-electron chi connectivity index (χ3n) is 4.81. The number of nitrogens with two attached hydrogens (primary N) is 1. The van der Waals surface area contributed by atoms with E-state index in [0.717, 1.165) is 24.3 Å². The van der Waals surface area contributed by atoms with E-state index in [2.05, 4.69) is 19.2 Å². The number of hydrogen-bond acceptors (Lipinski definition) is 2. The lowest BCUT2D eigenvalue weighted by molar-refractivity contribution is 0.159. The average molecular weight is 210 g/mol. The molecule has 0 bridgehead atoms. The molecule has 2 saturated carbocycles. The zero-order valence-electron chi connectivity index (χ0n) is 10.3. The second-order valence-electron chi connectivity index (χ2n) is 5.86. The summed E-state index contributed by atoms with van der Waals surface area (Å²) in [7, 11) is 0. The summed E-state index contributed by atoms with van der Waals surface area (Å²) in [6.45, 7) is 6.74. The van der Waals surface area contributed by atoms with Gasteiger partial charge in [-0.25, -0.2) is 0 Å². The van der Waals surface area contributed by atoms with Crippen molar-refractivity contribution in [2.24, 2.45) is 23.5 Å². The summed E-state index contributed by atoms with van der Waals surface area (Å²) in [6, 6.07) is 0. The van der Waals surface area contributed by atoms with Gasteiger partial charge in [0, 0.05) is 12.1 Å². The van der Waals surface area contributed by atoms with Crippen molar-refractivity contribution in [3.63, 3.8) is 0 Å². The van der Waals surface area contributed by atoms with Gasteiger partial charge in [0.2, 0.25) is 0 Å².